The summed E-state index contributed by atoms with van der Waals surface area (Å²) in [7, 11) is 0. The highest BCUT2D eigenvalue weighted by Gasteiger charge is 2.42. The Hall–Kier alpha value is -0.920. The van der Waals surface area contributed by atoms with Crippen LogP contribution in [0.15, 0.2) is 24.5 Å². The van der Waals surface area contributed by atoms with E-state index in [0.717, 1.165) is 37.6 Å². The Balaban J connectivity index is 0.00000121. The molecule has 0 unspecified atom stereocenters. The first kappa shape index (κ1) is 21.4. The van der Waals surface area contributed by atoms with E-state index in [4.69, 9.17) is 10.5 Å². The van der Waals surface area contributed by atoms with Gasteiger partial charge in [-0.05, 0) is 49.3 Å². The van der Waals surface area contributed by atoms with Gasteiger partial charge in [0.1, 0.15) is 0 Å². The van der Waals surface area contributed by atoms with E-state index < -0.39 is 6.04 Å². The highest BCUT2D eigenvalue weighted by Crippen LogP contribution is 2.37. The van der Waals surface area contributed by atoms with Gasteiger partial charge < -0.3 is 15.8 Å². The van der Waals surface area contributed by atoms with Crippen molar-refractivity contribution in [2.24, 2.45) is 11.7 Å². The number of hydrogen-bond acceptors (Lipinski definition) is 5. The molecule has 3 N–H and O–H groups in total. The average Bonchev–Trinajstić information content (AvgIpc) is 3.36. The Labute approximate surface area is 167 Å². The molecule has 1 aromatic rings. The van der Waals surface area contributed by atoms with E-state index in [0.29, 0.717) is 18.6 Å². The molecule has 0 spiro atoms. The first-order valence-electron chi connectivity index (χ1n) is 8.99. The van der Waals surface area contributed by atoms with E-state index >= 15 is 0 Å². The van der Waals surface area contributed by atoms with Crippen molar-refractivity contribution < 1.29 is 9.53 Å². The smallest absolute Gasteiger partial charge is 0.237 e. The van der Waals surface area contributed by atoms with Crippen molar-refractivity contribution in [3.63, 3.8) is 0 Å². The Morgan fingerprint density at radius 3 is 2.73 bits per heavy atom. The SMILES string of the molecule is Cl.Cl.N[C@H](Cc1ccncc1)C(=O)N[C@H]1C[C@H]2CO[C@H](C3CC3)CN2C1. The van der Waals surface area contributed by atoms with E-state index in [-0.39, 0.29) is 36.8 Å². The van der Waals surface area contributed by atoms with Gasteiger partial charge in [0.05, 0.1) is 18.8 Å². The second kappa shape index (κ2) is 9.33. The van der Waals surface area contributed by atoms with Gasteiger partial charge in [0, 0.05) is 37.6 Å². The van der Waals surface area contributed by atoms with Gasteiger partial charge in [0.25, 0.3) is 0 Å². The molecule has 1 saturated carbocycles. The maximum Gasteiger partial charge on any atom is 0.237 e. The number of nitrogens with zero attached hydrogens (tertiary/aromatic N) is 2. The lowest BCUT2D eigenvalue weighted by Gasteiger charge is -2.35. The number of aromatic nitrogens is 1. The maximum absolute atomic E-state index is 12.4. The number of nitrogens with one attached hydrogen (secondary N) is 1. The Morgan fingerprint density at radius 1 is 1.31 bits per heavy atom. The van der Waals surface area contributed by atoms with Gasteiger partial charge in [-0.25, -0.2) is 0 Å². The molecule has 146 valence electrons. The number of fused-ring (bicyclic) bond motifs is 1. The van der Waals surface area contributed by atoms with Crippen molar-refractivity contribution in [1.82, 2.24) is 15.2 Å². The van der Waals surface area contributed by atoms with Crippen LogP contribution in [0.5, 0.6) is 0 Å². The number of carbonyl (C=O) groups is 1. The van der Waals surface area contributed by atoms with E-state index in [1.807, 2.05) is 12.1 Å². The lowest BCUT2D eigenvalue weighted by molar-refractivity contribution is -0.123. The van der Waals surface area contributed by atoms with Crippen LogP contribution in [0.3, 0.4) is 0 Å². The first-order chi connectivity index (χ1) is 11.7. The zero-order valence-corrected chi connectivity index (χ0v) is 16.4. The lowest BCUT2D eigenvalue weighted by Crippen LogP contribution is -2.48. The third kappa shape index (κ3) is 5.08. The lowest BCUT2D eigenvalue weighted by atomic mass is 10.1. The number of amides is 1. The zero-order chi connectivity index (χ0) is 16.5. The molecule has 3 aliphatic rings. The summed E-state index contributed by atoms with van der Waals surface area (Å²) < 4.78 is 6.01. The molecule has 3 heterocycles. The fourth-order valence-electron chi connectivity index (χ4n) is 3.93. The van der Waals surface area contributed by atoms with Crippen LogP contribution >= 0.6 is 24.8 Å². The molecule has 0 bridgehead atoms. The molecule has 1 aliphatic carbocycles. The second-order valence-electron chi connectivity index (χ2n) is 7.42. The summed E-state index contributed by atoms with van der Waals surface area (Å²) in [5.74, 6) is 0.713. The van der Waals surface area contributed by atoms with E-state index in [9.17, 15) is 4.79 Å². The standard InChI is InChI=1S/C18H26N4O2.2ClH/c19-16(7-12-3-5-20-6-4-12)18(23)21-14-8-15-11-24-17(13-1-2-13)10-22(15)9-14;;/h3-6,13-17H,1-2,7-11,19H2,(H,21,23);2*1H/t14-,15-,16+,17-;;/m0../s1. The normalized spacial score (nSPS) is 29.0. The monoisotopic (exact) mass is 402 g/mol. The van der Waals surface area contributed by atoms with Crippen LogP contribution in [0.2, 0.25) is 0 Å². The van der Waals surface area contributed by atoms with Gasteiger partial charge in [-0.2, -0.15) is 0 Å². The van der Waals surface area contributed by atoms with Crippen molar-refractivity contribution in [1.29, 1.82) is 0 Å². The Morgan fingerprint density at radius 2 is 2.04 bits per heavy atom. The van der Waals surface area contributed by atoms with E-state index in [2.05, 4.69) is 15.2 Å². The number of ether oxygens (including phenoxy) is 1. The third-order valence-corrected chi connectivity index (χ3v) is 5.48. The minimum Gasteiger partial charge on any atom is -0.375 e. The highest BCUT2D eigenvalue weighted by atomic mass is 35.5. The second-order valence-corrected chi connectivity index (χ2v) is 7.42. The van der Waals surface area contributed by atoms with Crippen LogP contribution in [-0.2, 0) is 16.0 Å². The van der Waals surface area contributed by atoms with Gasteiger partial charge in [0.2, 0.25) is 5.91 Å². The molecule has 3 fully saturated rings. The predicted octanol–water partition coefficient (Wildman–Crippen LogP) is 1.16. The maximum atomic E-state index is 12.4. The molecule has 26 heavy (non-hydrogen) atoms. The molecule has 0 radical (unpaired) electrons. The summed E-state index contributed by atoms with van der Waals surface area (Å²) in [5, 5.41) is 3.14. The fraction of sp³-hybridized carbons (Fsp3) is 0.667. The number of nitrogens with two attached hydrogens (primary N) is 1. The van der Waals surface area contributed by atoms with Crippen LogP contribution in [0.1, 0.15) is 24.8 Å². The van der Waals surface area contributed by atoms with Gasteiger partial charge >= 0.3 is 0 Å². The Kier molecular flexibility index (Phi) is 7.67. The molecule has 4 atom stereocenters. The Bertz CT molecular complexity index is 588. The van der Waals surface area contributed by atoms with Gasteiger partial charge in [-0.3, -0.25) is 14.7 Å². The van der Waals surface area contributed by atoms with Crippen molar-refractivity contribution >= 4 is 30.7 Å². The van der Waals surface area contributed by atoms with Crippen molar-refractivity contribution in [2.75, 3.05) is 19.7 Å². The summed E-state index contributed by atoms with van der Waals surface area (Å²) >= 11 is 0. The topological polar surface area (TPSA) is 80.5 Å². The summed E-state index contributed by atoms with van der Waals surface area (Å²) in [6.45, 7) is 2.74. The van der Waals surface area contributed by atoms with Crippen LogP contribution in [0.25, 0.3) is 0 Å². The summed E-state index contributed by atoms with van der Waals surface area (Å²) in [6.07, 6.45) is 7.99. The number of rotatable bonds is 5. The molecule has 8 heteroatoms. The molecule has 1 aromatic heterocycles. The largest absolute Gasteiger partial charge is 0.375 e. The predicted molar refractivity (Wildman–Crippen MR) is 105 cm³/mol. The molecule has 2 saturated heterocycles. The zero-order valence-electron chi connectivity index (χ0n) is 14.8. The quantitative estimate of drug-likeness (QED) is 0.772. The third-order valence-electron chi connectivity index (χ3n) is 5.48. The summed E-state index contributed by atoms with van der Waals surface area (Å²) in [5.41, 5.74) is 7.11. The molecular weight excluding hydrogens is 375 g/mol. The number of carbonyl (C=O) groups excluding carboxylic acids is 1. The average molecular weight is 403 g/mol. The van der Waals surface area contributed by atoms with Crippen LogP contribution in [0.4, 0.5) is 0 Å². The molecule has 0 aromatic carbocycles. The number of hydrogen-bond donors (Lipinski definition) is 2. The molecule has 6 nitrogen and oxygen atoms in total. The van der Waals surface area contributed by atoms with Crippen molar-refractivity contribution in [2.45, 2.75) is 49.9 Å². The van der Waals surface area contributed by atoms with E-state index in [1.54, 1.807) is 12.4 Å². The van der Waals surface area contributed by atoms with Crippen molar-refractivity contribution in [3.05, 3.63) is 30.1 Å². The summed E-state index contributed by atoms with van der Waals surface area (Å²) in [4.78, 5) is 18.9. The molecule has 2 aliphatic heterocycles. The molecule has 1 amide bonds. The van der Waals surface area contributed by atoms with Gasteiger partial charge in [-0.15, -0.1) is 24.8 Å². The minimum atomic E-state index is -0.513. The highest BCUT2D eigenvalue weighted by molar-refractivity contribution is 5.85. The van der Waals surface area contributed by atoms with E-state index in [1.165, 1.54) is 12.8 Å². The number of morpholine rings is 1. The number of pyridine rings is 1. The number of halogens is 2. The van der Waals surface area contributed by atoms with Gasteiger partial charge in [-0.1, -0.05) is 0 Å². The van der Waals surface area contributed by atoms with Crippen molar-refractivity contribution in [3.8, 4) is 0 Å². The van der Waals surface area contributed by atoms with Crippen LogP contribution in [0, 0.1) is 5.92 Å². The molecule has 4 rings (SSSR count). The fourth-order valence-corrected chi connectivity index (χ4v) is 3.93. The van der Waals surface area contributed by atoms with Crippen LogP contribution < -0.4 is 11.1 Å². The minimum absolute atomic E-state index is 0. The van der Waals surface area contributed by atoms with Crippen LogP contribution in [-0.4, -0.2) is 59.7 Å². The summed E-state index contributed by atoms with van der Waals surface area (Å²) in [6, 6.07) is 3.92. The molecular formula is C18H28Cl2N4O2. The first-order valence-corrected chi connectivity index (χ1v) is 8.99. The van der Waals surface area contributed by atoms with Gasteiger partial charge in [0.15, 0.2) is 0 Å².